The summed E-state index contributed by atoms with van der Waals surface area (Å²) < 4.78 is 12.1. The topological polar surface area (TPSA) is 76.0 Å². The molecule has 8 rings (SSSR count). The van der Waals surface area contributed by atoms with E-state index in [2.05, 4.69) is 0 Å². The van der Waals surface area contributed by atoms with E-state index in [-0.39, 0.29) is 17.5 Å². The van der Waals surface area contributed by atoms with Crippen LogP contribution in [0, 0.1) is 0 Å². The molecule has 6 heteroatoms. The van der Waals surface area contributed by atoms with Crippen LogP contribution in [0.5, 0.6) is 11.5 Å². The number of phenolic OH excluding ortho intramolecular Hbond substituents is 2. The number of benzene rings is 6. The lowest BCUT2D eigenvalue weighted by molar-refractivity contribution is 0.0695. The number of hydrogen-bond donors (Lipinski definition) is 2. The summed E-state index contributed by atoms with van der Waals surface area (Å²) in [4.78, 5) is 14.1. The molecule has 2 heterocycles. The first-order valence-corrected chi connectivity index (χ1v) is 15.2. The van der Waals surface area contributed by atoms with Gasteiger partial charge in [0, 0.05) is 16.7 Å². The molecular weight excluding hydrogens is 544 g/mol. The van der Waals surface area contributed by atoms with Gasteiger partial charge < -0.3 is 14.4 Å². The van der Waals surface area contributed by atoms with Gasteiger partial charge in [-0.3, -0.25) is 4.18 Å². The van der Waals surface area contributed by atoms with Crippen LogP contribution in [0.2, 0.25) is 0 Å². The average molecular weight is 573 g/mol. The Morgan fingerprint density at radius 2 is 1.17 bits per heavy atom. The van der Waals surface area contributed by atoms with Gasteiger partial charge in [0.05, 0.1) is 15.4 Å². The lowest BCUT2D eigenvalue weighted by atomic mass is 9.92. The highest BCUT2D eigenvalue weighted by Gasteiger charge is 2.53. The minimum absolute atomic E-state index is 0.172. The highest BCUT2D eigenvalue weighted by molar-refractivity contribution is 8.26. The van der Waals surface area contributed by atoms with Gasteiger partial charge in [-0.1, -0.05) is 102 Å². The third-order valence-corrected chi connectivity index (χ3v) is 10.7. The molecule has 42 heavy (non-hydrogen) atoms. The molecule has 2 aliphatic rings. The van der Waals surface area contributed by atoms with Gasteiger partial charge in [-0.05, 0) is 65.7 Å². The van der Waals surface area contributed by atoms with Gasteiger partial charge in [-0.25, -0.2) is 4.79 Å². The van der Waals surface area contributed by atoms with E-state index >= 15 is 0 Å². The second kappa shape index (κ2) is 9.65. The largest absolute Gasteiger partial charge is 0.507 e. The van der Waals surface area contributed by atoms with Crippen molar-refractivity contribution in [2.24, 2.45) is 0 Å². The van der Waals surface area contributed by atoms with Crippen LogP contribution in [0.25, 0.3) is 32.7 Å². The summed E-state index contributed by atoms with van der Waals surface area (Å²) in [7, 11) is -2.15. The molecule has 0 bridgehead atoms. The van der Waals surface area contributed by atoms with E-state index in [1.54, 1.807) is 12.1 Å². The van der Waals surface area contributed by atoms with E-state index in [1.807, 2.05) is 123 Å². The van der Waals surface area contributed by atoms with E-state index in [1.165, 1.54) is 0 Å². The van der Waals surface area contributed by atoms with Crippen LogP contribution in [0.1, 0.15) is 29.8 Å². The quantitative estimate of drug-likeness (QED) is 0.216. The summed E-state index contributed by atoms with van der Waals surface area (Å²) >= 11 is 0. The predicted molar refractivity (Wildman–Crippen MR) is 167 cm³/mol. The molecule has 0 aromatic heterocycles. The zero-order chi connectivity index (χ0) is 29.1. The van der Waals surface area contributed by atoms with E-state index in [9.17, 15) is 15.0 Å². The summed E-state index contributed by atoms with van der Waals surface area (Å²) in [5.41, 5.74) is 2.60. The predicted octanol–water partition coefficient (Wildman–Crippen LogP) is 9.25. The summed E-state index contributed by atoms with van der Waals surface area (Å²) in [6.45, 7) is 4.04. The third-order valence-electron chi connectivity index (χ3n) is 7.79. The molecule has 0 saturated carbocycles. The summed E-state index contributed by atoms with van der Waals surface area (Å²) in [5, 5.41) is 24.8. The Bertz CT molecular complexity index is 1930. The summed E-state index contributed by atoms with van der Waals surface area (Å²) in [6.07, 6.45) is 0. The SMILES string of the molecule is CC1(C)OS2(c3ccccc3)OC(=O)c3cccc1c32.Oc1ccc2ccccc2c1-c1c(O)ccc2ccccc12. The zero-order valence-electron chi connectivity index (χ0n) is 23.1. The van der Waals surface area contributed by atoms with Gasteiger partial charge in [-0.15, -0.1) is 0 Å². The number of hydrogen-bond acceptors (Lipinski definition) is 5. The van der Waals surface area contributed by atoms with Crippen LogP contribution >= 0.6 is 10.6 Å². The van der Waals surface area contributed by atoms with Gasteiger partial charge in [0.15, 0.2) is 0 Å². The number of fused-ring (bicyclic) bond motifs is 2. The lowest BCUT2D eigenvalue weighted by Crippen LogP contribution is -2.18. The van der Waals surface area contributed by atoms with Gasteiger partial charge in [0.25, 0.3) is 0 Å². The number of carbonyl (C=O) groups is 1. The van der Waals surface area contributed by atoms with Crippen molar-refractivity contribution >= 4 is 38.1 Å². The van der Waals surface area contributed by atoms with Crippen molar-refractivity contribution in [1.29, 1.82) is 0 Å². The first kappa shape index (κ1) is 26.1. The molecule has 0 spiro atoms. The first-order chi connectivity index (χ1) is 20.3. The van der Waals surface area contributed by atoms with E-state index in [4.69, 9.17) is 8.37 Å². The molecule has 1 atom stereocenters. The fourth-order valence-corrected chi connectivity index (χ4v) is 9.08. The maximum atomic E-state index is 12.2. The molecule has 0 radical (unpaired) electrons. The van der Waals surface area contributed by atoms with Crippen LogP contribution in [0.3, 0.4) is 0 Å². The Morgan fingerprint density at radius 3 is 1.76 bits per heavy atom. The molecule has 0 fully saturated rings. The highest BCUT2D eigenvalue weighted by Crippen LogP contribution is 2.76. The molecule has 6 aromatic rings. The van der Waals surface area contributed by atoms with Crippen molar-refractivity contribution in [3.63, 3.8) is 0 Å². The van der Waals surface area contributed by atoms with Crippen LogP contribution in [0.15, 0.2) is 131 Å². The van der Waals surface area contributed by atoms with Crippen LogP contribution in [-0.2, 0) is 14.0 Å². The Hall–Kier alpha value is -4.78. The Kier molecular flexibility index (Phi) is 6.01. The Balaban J connectivity index is 0.000000138. The van der Waals surface area contributed by atoms with Gasteiger partial charge in [0.1, 0.15) is 17.1 Å². The van der Waals surface area contributed by atoms with Gasteiger partial charge in [0.2, 0.25) is 0 Å². The molecule has 0 amide bonds. The molecule has 6 aromatic carbocycles. The van der Waals surface area contributed by atoms with Crippen LogP contribution in [0.4, 0.5) is 0 Å². The Labute approximate surface area is 245 Å². The average Bonchev–Trinajstić information content (AvgIpc) is 3.43. The third kappa shape index (κ3) is 3.95. The van der Waals surface area contributed by atoms with Crippen molar-refractivity contribution in [3.8, 4) is 22.6 Å². The van der Waals surface area contributed by atoms with Crippen molar-refractivity contribution in [2.75, 3.05) is 0 Å². The fraction of sp³-hybridized carbons (Fsp3) is 0.0833. The maximum Gasteiger partial charge on any atom is 0.362 e. The second-order valence-electron chi connectivity index (χ2n) is 10.8. The molecule has 0 saturated heterocycles. The smallest absolute Gasteiger partial charge is 0.362 e. The molecule has 0 aliphatic carbocycles. The van der Waals surface area contributed by atoms with Crippen molar-refractivity contribution in [1.82, 2.24) is 0 Å². The van der Waals surface area contributed by atoms with Crippen LogP contribution in [-0.4, -0.2) is 16.2 Å². The molecule has 1 unspecified atom stereocenters. The van der Waals surface area contributed by atoms with Gasteiger partial charge >= 0.3 is 5.97 Å². The van der Waals surface area contributed by atoms with E-state index < -0.39 is 16.2 Å². The normalized spacial score (nSPS) is 19.4. The maximum absolute atomic E-state index is 12.2. The van der Waals surface area contributed by atoms with E-state index in [0.29, 0.717) is 16.7 Å². The van der Waals surface area contributed by atoms with Crippen molar-refractivity contribution < 1.29 is 23.4 Å². The minimum atomic E-state index is -2.15. The summed E-state index contributed by atoms with van der Waals surface area (Å²) in [5.74, 6) is 0.0620. The van der Waals surface area contributed by atoms with E-state index in [0.717, 1.165) is 36.9 Å². The number of aromatic hydroxyl groups is 2. The highest BCUT2D eigenvalue weighted by atomic mass is 32.3. The monoisotopic (exact) mass is 572 g/mol. The Morgan fingerprint density at radius 1 is 0.619 bits per heavy atom. The lowest BCUT2D eigenvalue weighted by Gasteiger charge is -2.36. The van der Waals surface area contributed by atoms with Gasteiger partial charge in [-0.2, -0.15) is 0 Å². The first-order valence-electron chi connectivity index (χ1n) is 13.7. The summed E-state index contributed by atoms with van der Waals surface area (Å²) in [6, 6.07) is 38.4. The zero-order valence-corrected chi connectivity index (χ0v) is 23.9. The number of phenols is 2. The number of carbonyl (C=O) groups excluding carboxylic acids is 1. The van der Waals surface area contributed by atoms with Crippen molar-refractivity contribution in [3.05, 3.63) is 132 Å². The van der Waals surface area contributed by atoms with Crippen molar-refractivity contribution in [2.45, 2.75) is 29.2 Å². The molecule has 2 aliphatic heterocycles. The fourth-order valence-electron chi connectivity index (χ4n) is 5.91. The molecule has 5 nitrogen and oxygen atoms in total. The molecule has 208 valence electrons. The minimum Gasteiger partial charge on any atom is -0.507 e. The second-order valence-corrected chi connectivity index (χ2v) is 13.0. The number of rotatable bonds is 2. The molecule has 2 N–H and O–H groups in total. The van der Waals surface area contributed by atoms with Crippen LogP contribution < -0.4 is 0 Å². The molecular formula is C36H28O5S. The standard InChI is InChI=1S/C20H14O2.C16H14O3S/c21-17-11-9-13-5-1-3-7-15(13)19(17)20-16-8-4-2-6-14(16)10-12-18(20)22;1-16(2)13-10-6-9-12-14(13)20(19-16,18-15(12)17)11-7-4-3-5-8-11/h1-12,21-22H;3-10H,1-2H3.